The lowest BCUT2D eigenvalue weighted by Crippen LogP contribution is -2.46. The number of fused-ring (bicyclic) bond motifs is 1. The highest BCUT2D eigenvalue weighted by atomic mass is 16.1. The van der Waals surface area contributed by atoms with Crippen LogP contribution in [0, 0.1) is 0 Å². The van der Waals surface area contributed by atoms with Gasteiger partial charge in [-0.05, 0) is 65.4 Å². The van der Waals surface area contributed by atoms with E-state index in [1.54, 1.807) is 0 Å². The van der Waals surface area contributed by atoms with Gasteiger partial charge in [0.15, 0.2) is 0 Å². The van der Waals surface area contributed by atoms with Crippen molar-refractivity contribution in [1.29, 1.82) is 0 Å². The number of aromatic nitrogens is 3. The first kappa shape index (κ1) is 26.6. The molecule has 0 unspecified atom stereocenters. The van der Waals surface area contributed by atoms with Crippen molar-refractivity contribution in [2.45, 2.75) is 25.8 Å². The number of rotatable bonds is 9. The van der Waals surface area contributed by atoms with Crippen LogP contribution in [0.5, 0.6) is 0 Å². The Morgan fingerprint density at radius 2 is 1.56 bits per heavy atom. The second-order valence-corrected chi connectivity index (χ2v) is 10.5. The molecule has 6 rings (SSSR count). The molecular formula is C34H34N6O. The van der Waals surface area contributed by atoms with Crippen LogP contribution in [0.4, 0.5) is 11.5 Å². The van der Waals surface area contributed by atoms with Gasteiger partial charge in [-0.2, -0.15) is 0 Å². The smallest absolute Gasteiger partial charge is 0.224 e. The largest absolute Gasteiger partial charge is 0.353 e. The molecule has 1 amide bonds. The molecule has 0 bridgehead atoms. The van der Waals surface area contributed by atoms with Gasteiger partial charge in [0.1, 0.15) is 5.82 Å². The van der Waals surface area contributed by atoms with Gasteiger partial charge in [-0.15, -0.1) is 0 Å². The van der Waals surface area contributed by atoms with Crippen molar-refractivity contribution in [3.63, 3.8) is 0 Å². The summed E-state index contributed by atoms with van der Waals surface area (Å²) in [6.07, 6.45) is 7.88. The minimum atomic E-state index is 0.0418. The van der Waals surface area contributed by atoms with E-state index in [0.717, 1.165) is 79.2 Å². The van der Waals surface area contributed by atoms with E-state index in [2.05, 4.69) is 50.4 Å². The molecule has 1 N–H and O–H groups in total. The van der Waals surface area contributed by atoms with Gasteiger partial charge >= 0.3 is 0 Å². The zero-order valence-corrected chi connectivity index (χ0v) is 23.1. The van der Waals surface area contributed by atoms with Gasteiger partial charge in [0, 0.05) is 57.2 Å². The van der Waals surface area contributed by atoms with Gasteiger partial charge in [-0.25, -0.2) is 4.98 Å². The van der Waals surface area contributed by atoms with Crippen molar-refractivity contribution < 1.29 is 4.79 Å². The summed E-state index contributed by atoms with van der Waals surface area (Å²) in [4.78, 5) is 31.1. The maximum absolute atomic E-state index is 12.4. The Hall–Kier alpha value is -4.62. The van der Waals surface area contributed by atoms with Crippen molar-refractivity contribution in [1.82, 2.24) is 19.9 Å². The van der Waals surface area contributed by atoms with Crippen molar-refractivity contribution in [3.8, 4) is 11.1 Å². The zero-order valence-electron chi connectivity index (χ0n) is 23.1. The molecule has 1 aliphatic rings. The summed E-state index contributed by atoms with van der Waals surface area (Å²) in [5.41, 5.74) is 7.23. The summed E-state index contributed by atoms with van der Waals surface area (Å²) >= 11 is 0. The molecule has 0 spiro atoms. The van der Waals surface area contributed by atoms with Gasteiger partial charge < -0.3 is 10.2 Å². The summed E-state index contributed by atoms with van der Waals surface area (Å²) in [6, 6.07) is 28.6. The van der Waals surface area contributed by atoms with E-state index in [1.165, 1.54) is 11.1 Å². The maximum atomic E-state index is 12.4. The van der Waals surface area contributed by atoms with Gasteiger partial charge in [-0.3, -0.25) is 19.7 Å². The lowest BCUT2D eigenvalue weighted by atomic mass is 10.0. The molecule has 0 atom stereocenters. The third-order valence-corrected chi connectivity index (χ3v) is 7.57. The van der Waals surface area contributed by atoms with E-state index >= 15 is 0 Å². The molecule has 3 heterocycles. The third-order valence-electron chi connectivity index (χ3n) is 7.57. The third kappa shape index (κ3) is 6.94. The number of piperazine rings is 1. The first-order valence-corrected chi connectivity index (χ1v) is 14.3. The Morgan fingerprint density at radius 1 is 0.780 bits per heavy atom. The van der Waals surface area contributed by atoms with E-state index in [9.17, 15) is 4.79 Å². The van der Waals surface area contributed by atoms with Crippen LogP contribution < -0.4 is 10.2 Å². The number of hydrogen-bond acceptors (Lipinski definition) is 6. The molecule has 41 heavy (non-hydrogen) atoms. The first-order valence-electron chi connectivity index (χ1n) is 14.3. The van der Waals surface area contributed by atoms with E-state index < -0.39 is 0 Å². The first-order chi connectivity index (χ1) is 20.2. The normalized spacial score (nSPS) is 13.8. The van der Waals surface area contributed by atoms with Crippen LogP contribution in [-0.4, -0.2) is 51.9 Å². The lowest BCUT2D eigenvalue weighted by Gasteiger charge is -2.35. The second kappa shape index (κ2) is 12.7. The van der Waals surface area contributed by atoms with E-state index in [-0.39, 0.29) is 5.91 Å². The topological polar surface area (TPSA) is 74.2 Å². The summed E-state index contributed by atoms with van der Waals surface area (Å²) in [5.74, 6) is 0.959. The SMILES string of the molecule is O=C(CCCc1ccccc1)Nc1ccc(-c2ccc3ncc(N4CCN(Cc5cccnc5)CC4)nc3c2)cc1. The quantitative estimate of drug-likeness (QED) is 0.247. The Balaban J connectivity index is 1.05. The average Bonchev–Trinajstić information content (AvgIpc) is 3.02. The number of anilines is 2. The highest BCUT2D eigenvalue weighted by molar-refractivity contribution is 5.91. The summed E-state index contributed by atoms with van der Waals surface area (Å²) < 4.78 is 0. The van der Waals surface area contributed by atoms with Crippen molar-refractivity contribution in [3.05, 3.63) is 115 Å². The molecular weight excluding hydrogens is 508 g/mol. The van der Waals surface area contributed by atoms with Gasteiger partial charge in [0.25, 0.3) is 0 Å². The van der Waals surface area contributed by atoms with Gasteiger partial charge in [0.2, 0.25) is 5.91 Å². The van der Waals surface area contributed by atoms with Gasteiger partial charge in [-0.1, -0.05) is 54.6 Å². The minimum Gasteiger partial charge on any atom is -0.353 e. The molecule has 206 valence electrons. The fraction of sp³-hybridized carbons (Fsp3) is 0.235. The van der Waals surface area contributed by atoms with Crippen LogP contribution >= 0.6 is 0 Å². The minimum absolute atomic E-state index is 0.0418. The summed E-state index contributed by atoms with van der Waals surface area (Å²) in [7, 11) is 0. The molecule has 1 fully saturated rings. The Morgan fingerprint density at radius 3 is 2.34 bits per heavy atom. The van der Waals surface area contributed by atoms with Crippen LogP contribution in [0.15, 0.2) is 104 Å². The highest BCUT2D eigenvalue weighted by Crippen LogP contribution is 2.26. The van der Waals surface area contributed by atoms with Crippen molar-refractivity contribution >= 4 is 28.4 Å². The second-order valence-electron chi connectivity index (χ2n) is 10.5. The zero-order chi connectivity index (χ0) is 27.9. The monoisotopic (exact) mass is 542 g/mol. The number of amides is 1. The van der Waals surface area contributed by atoms with Crippen LogP contribution in [0.3, 0.4) is 0 Å². The lowest BCUT2D eigenvalue weighted by molar-refractivity contribution is -0.116. The molecule has 7 nitrogen and oxygen atoms in total. The molecule has 1 aliphatic heterocycles. The molecule has 3 aromatic carbocycles. The molecule has 0 aliphatic carbocycles. The molecule has 0 saturated carbocycles. The van der Waals surface area contributed by atoms with Gasteiger partial charge in [0.05, 0.1) is 17.2 Å². The highest BCUT2D eigenvalue weighted by Gasteiger charge is 2.19. The molecule has 5 aromatic rings. The van der Waals surface area contributed by atoms with Crippen molar-refractivity contribution in [2.24, 2.45) is 0 Å². The fourth-order valence-electron chi connectivity index (χ4n) is 5.29. The number of hydrogen-bond donors (Lipinski definition) is 1. The Labute approximate surface area is 240 Å². The van der Waals surface area contributed by atoms with E-state index in [4.69, 9.17) is 9.97 Å². The molecule has 1 saturated heterocycles. The Kier molecular flexibility index (Phi) is 8.24. The van der Waals surface area contributed by atoms with E-state index in [1.807, 2.05) is 73.2 Å². The fourth-order valence-corrected chi connectivity index (χ4v) is 5.29. The number of carbonyl (C=O) groups is 1. The van der Waals surface area contributed by atoms with E-state index in [0.29, 0.717) is 6.42 Å². The number of carbonyl (C=O) groups excluding carboxylic acids is 1. The predicted molar refractivity (Wildman–Crippen MR) is 165 cm³/mol. The summed E-state index contributed by atoms with van der Waals surface area (Å²) in [6.45, 7) is 4.71. The van der Waals surface area contributed by atoms with Crippen LogP contribution in [0.25, 0.3) is 22.2 Å². The average molecular weight is 543 g/mol. The van der Waals surface area contributed by atoms with Crippen LogP contribution in [-0.2, 0) is 17.8 Å². The predicted octanol–water partition coefficient (Wildman–Crippen LogP) is 5.98. The van der Waals surface area contributed by atoms with Crippen molar-refractivity contribution in [2.75, 3.05) is 36.4 Å². The number of nitrogens with one attached hydrogen (secondary N) is 1. The number of benzene rings is 3. The molecule has 7 heteroatoms. The molecule has 0 radical (unpaired) electrons. The molecule has 2 aromatic heterocycles. The summed E-state index contributed by atoms with van der Waals surface area (Å²) in [5, 5.41) is 3.02. The maximum Gasteiger partial charge on any atom is 0.224 e. The number of aryl methyl sites for hydroxylation is 1. The van der Waals surface area contributed by atoms with Crippen LogP contribution in [0.1, 0.15) is 24.0 Å². The number of nitrogens with zero attached hydrogens (tertiary/aromatic N) is 5. The Bertz CT molecular complexity index is 1580. The standard InChI is InChI=1S/C34H34N6O/c41-34(10-4-8-26-6-2-1-3-7-26)37-30-14-11-28(12-15-30)29-13-16-31-32(22-29)38-33(24-36-31)40-20-18-39(19-21-40)25-27-9-5-17-35-23-27/h1-3,5-7,9,11-17,22-24H,4,8,10,18-21,25H2,(H,37,41). The number of pyridine rings is 1. The van der Waals surface area contributed by atoms with Crippen LogP contribution in [0.2, 0.25) is 0 Å².